The van der Waals surface area contributed by atoms with Crippen LogP contribution in [0.25, 0.3) is 0 Å². The highest BCUT2D eigenvalue weighted by atomic mass is 35.5. The summed E-state index contributed by atoms with van der Waals surface area (Å²) in [4.78, 5) is 40.9. The minimum atomic E-state index is -0.548. The molecule has 2 aromatic carbocycles. The van der Waals surface area contributed by atoms with Crippen molar-refractivity contribution < 1.29 is 33.3 Å². The molecule has 1 saturated heterocycles. The van der Waals surface area contributed by atoms with E-state index in [0.29, 0.717) is 38.6 Å². The number of nitrogens with one attached hydrogen (secondary N) is 2. The molecular formula is C29H30ClN3O7S. The Labute approximate surface area is 246 Å². The minimum absolute atomic E-state index is 0.108. The van der Waals surface area contributed by atoms with Crippen LogP contribution in [-0.4, -0.2) is 68.7 Å². The Morgan fingerprint density at radius 2 is 1.83 bits per heavy atom. The fraction of sp³-hybridized carbons (Fsp3) is 0.345. The van der Waals surface area contributed by atoms with Crippen LogP contribution in [-0.2, 0) is 22.6 Å². The molecule has 6 heterocycles. The van der Waals surface area contributed by atoms with Gasteiger partial charge < -0.3 is 34.5 Å². The second kappa shape index (κ2) is 12.7. The van der Waals surface area contributed by atoms with Crippen molar-refractivity contribution >= 4 is 40.7 Å². The van der Waals surface area contributed by atoms with Crippen molar-refractivity contribution in [2.45, 2.75) is 31.5 Å². The molecule has 41 heavy (non-hydrogen) atoms. The van der Waals surface area contributed by atoms with Crippen LogP contribution in [0.5, 0.6) is 23.0 Å². The lowest BCUT2D eigenvalue weighted by Crippen LogP contribution is -2.46. The number of aryl methyl sites for hydroxylation is 1. The van der Waals surface area contributed by atoms with Crippen molar-refractivity contribution in [3.8, 4) is 23.0 Å². The SMILES string of the molecule is COc1cc2ccc1CNC(=O)CCc1ccc(c(OC)c1)OCC(=O)N[C@@H]1CN(C(=O)c3ccc(Cl)s3)C[C@H]1O2. The number of methoxy groups -OCH3 is 2. The third-order valence-electron chi connectivity index (χ3n) is 6.93. The zero-order valence-corrected chi connectivity index (χ0v) is 24.2. The predicted molar refractivity (Wildman–Crippen MR) is 153 cm³/mol. The molecule has 0 unspecified atom stereocenters. The van der Waals surface area contributed by atoms with Gasteiger partial charge >= 0.3 is 0 Å². The summed E-state index contributed by atoms with van der Waals surface area (Å²) in [5.74, 6) is 1.24. The Hall–Kier alpha value is -3.96. The topological polar surface area (TPSA) is 115 Å². The van der Waals surface area contributed by atoms with Gasteiger partial charge in [-0.05, 0) is 48.4 Å². The summed E-state index contributed by atoms with van der Waals surface area (Å²) < 4.78 is 23.6. The van der Waals surface area contributed by atoms with Crippen LogP contribution in [0.4, 0.5) is 0 Å². The van der Waals surface area contributed by atoms with Gasteiger partial charge in [0.1, 0.15) is 17.6 Å². The van der Waals surface area contributed by atoms with E-state index >= 15 is 0 Å². The van der Waals surface area contributed by atoms with E-state index in [9.17, 15) is 14.4 Å². The first-order valence-electron chi connectivity index (χ1n) is 13.1. The first-order valence-corrected chi connectivity index (χ1v) is 14.3. The van der Waals surface area contributed by atoms with Gasteiger partial charge in [0.15, 0.2) is 18.1 Å². The van der Waals surface area contributed by atoms with E-state index < -0.39 is 12.1 Å². The molecule has 5 aliphatic heterocycles. The summed E-state index contributed by atoms with van der Waals surface area (Å²) in [5.41, 5.74) is 1.68. The van der Waals surface area contributed by atoms with Gasteiger partial charge in [-0.15, -0.1) is 11.3 Å². The van der Waals surface area contributed by atoms with E-state index in [4.69, 9.17) is 30.5 Å². The summed E-state index contributed by atoms with van der Waals surface area (Å²) in [6.07, 6.45) is 0.238. The quantitative estimate of drug-likeness (QED) is 0.474. The lowest BCUT2D eigenvalue weighted by Gasteiger charge is -2.22. The summed E-state index contributed by atoms with van der Waals surface area (Å²) in [7, 11) is 3.06. The molecular weight excluding hydrogens is 570 g/mol. The fourth-order valence-corrected chi connectivity index (χ4v) is 5.83. The number of thiophene rings is 1. The van der Waals surface area contributed by atoms with Gasteiger partial charge in [0.2, 0.25) is 5.91 Å². The minimum Gasteiger partial charge on any atom is -0.496 e. The zero-order chi connectivity index (χ0) is 28.9. The van der Waals surface area contributed by atoms with Crippen molar-refractivity contribution in [1.29, 1.82) is 0 Å². The van der Waals surface area contributed by atoms with Gasteiger partial charge in [0, 0.05) is 31.1 Å². The third-order valence-corrected chi connectivity index (χ3v) is 8.15. The normalized spacial score (nSPS) is 19.4. The molecule has 3 amide bonds. The maximum Gasteiger partial charge on any atom is 0.264 e. The van der Waals surface area contributed by atoms with E-state index in [1.165, 1.54) is 18.4 Å². The molecule has 2 atom stereocenters. The van der Waals surface area contributed by atoms with Crippen LogP contribution in [0.3, 0.4) is 0 Å². The lowest BCUT2D eigenvalue weighted by atomic mass is 10.1. The van der Waals surface area contributed by atoms with Crippen molar-refractivity contribution in [3.63, 3.8) is 0 Å². The Balaban J connectivity index is 1.42. The number of rotatable bonds is 3. The number of amides is 3. The van der Waals surface area contributed by atoms with Gasteiger partial charge in [-0.3, -0.25) is 14.4 Å². The number of carbonyl (C=O) groups is 3. The number of carbonyl (C=O) groups excluding carboxylic acids is 3. The number of likely N-dealkylation sites (tertiary alicyclic amines) is 1. The summed E-state index contributed by atoms with van der Waals surface area (Å²) in [6, 6.07) is 13.5. The van der Waals surface area contributed by atoms with Gasteiger partial charge in [0.25, 0.3) is 11.8 Å². The van der Waals surface area contributed by atoms with E-state index in [1.54, 1.807) is 48.4 Å². The molecule has 0 saturated carbocycles. The maximum absolute atomic E-state index is 13.2. The average molecular weight is 600 g/mol. The molecule has 5 aliphatic rings. The van der Waals surface area contributed by atoms with Crippen LogP contribution in [0.1, 0.15) is 27.2 Å². The standard InChI is InChI=1S/C29H30ClN3O7S/c1-37-22-12-19-6-5-18(22)13-31-27(34)10-4-17-3-7-21(23(11-17)38-2)39-16-28(35)32-20-14-33(15-24(20)40-19)29(36)25-8-9-26(30)41-25/h3,5-9,11-12,20,24H,4,10,13-16H2,1-2H3,(H,31,34)(H,32,35)/t20-,24-/m1/s1. The number of ether oxygens (including phenoxy) is 4. The Bertz CT molecular complexity index is 1450. The van der Waals surface area contributed by atoms with Crippen LogP contribution < -0.4 is 29.6 Å². The van der Waals surface area contributed by atoms with Gasteiger partial charge in [-0.2, -0.15) is 0 Å². The van der Waals surface area contributed by atoms with E-state index in [-0.39, 0.29) is 50.4 Å². The lowest BCUT2D eigenvalue weighted by molar-refractivity contribution is -0.124. The number of hydrogen-bond donors (Lipinski definition) is 2. The fourth-order valence-electron chi connectivity index (χ4n) is 4.82. The first kappa shape index (κ1) is 28.6. The predicted octanol–water partition coefficient (Wildman–Crippen LogP) is 3.45. The molecule has 12 heteroatoms. The molecule has 0 aliphatic carbocycles. The molecule has 1 aromatic heterocycles. The second-order valence-corrected chi connectivity index (χ2v) is 11.4. The molecule has 216 valence electrons. The van der Waals surface area contributed by atoms with Crippen molar-refractivity contribution in [3.05, 3.63) is 68.9 Å². The molecule has 0 spiro atoms. The first-order chi connectivity index (χ1) is 19.8. The van der Waals surface area contributed by atoms with E-state index in [1.807, 2.05) is 12.1 Å². The van der Waals surface area contributed by atoms with Crippen molar-refractivity contribution in [2.24, 2.45) is 0 Å². The monoisotopic (exact) mass is 599 g/mol. The molecule has 0 radical (unpaired) electrons. The highest BCUT2D eigenvalue weighted by Crippen LogP contribution is 2.30. The van der Waals surface area contributed by atoms with Crippen molar-refractivity contribution in [1.82, 2.24) is 15.5 Å². The summed E-state index contributed by atoms with van der Waals surface area (Å²) in [5, 5.41) is 5.91. The maximum atomic E-state index is 13.2. The third kappa shape index (κ3) is 6.86. The number of halogens is 1. The smallest absolute Gasteiger partial charge is 0.264 e. The van der Waals surface area contributed by atoms with E-state index in [2.05, 4.69) is 10.6 Å². The van der Waals surface area contributed by atoms with Crippen LogP contribution in [0, 0.1) is 0 Å². The Kier molecular flexibility index (Phi) is 8.84. The van der Waals surface area contributed by atoms with Gasteiger partial charge in [-0.1, -0.05) is 17.7 Å². The van der Waals surface area contributed by atoms with E-state index in [0.717, 1.165) is 11.1 Å². The zero-order valence-electron chi connectivity index (χ0n) is 22.6. The molecule has 2 N–H and O–H groups in total. The van der Waals surface area contributed by atoms with Crippen LogP contribution >= 0.6 is 22.9 Å². The average Bonchev–Trinajstić information content (AvgIpc) is 3.59. The van der Waals surface area contributed by atoms with Crippen LogP contribution in [0.15, 0.2) is 48.5 Å². The highest BCUT2D eigenvalue weighted by molar-refractivity contribution is 7.17. The molecule has 1 fully saturated rings. The molecule has 10 nitrogen and oxygen atoms in total. The number of hydrogen-bond acceptors (Lipinski definition) is 8. The number of nitrogens with zero attached hydrogens (tertiary/aromatic N) is 1. The largest absolute Gasteiger partial charge is 0.496 e. The molecule has 3 aromatic rings. The van der Waals surface area contributed by atoms with Crippen molar-refractivity contribution in [2.75, 3.05) is 33.9 Å². The summed E-state index contributed by atoms with van der Waals surface area (Å²) in [6.45, 7) is 0.504. The Morgan fingerprint density at radius 3 is 2.59 bits per heavy atom. The van der Waals surface area contributed by atoms with Gasteiger partial charge in [-0.25, -0.2) is 0 Å². The highest BCUT2D eigenvalue weighted by Gasteiger charge is 2.38. The molecule has 8 rings (SSSR count). The Morgan fingerprint density at radius 1 is 1.00 bits per heavy atom. The summed E-state index contributed by atoms with van der Waals surface area (Å²) >= 11 is 7.25. The van der Waals surface area contributed by atoms with Crippen LogP contribution in [0.2, 0.25) is 4.34 Å². The van der Waals surface area contributed by atoms with Gasteiger partial charge in [0.05, 0.1) is 36.0 Å². The number of benzene rings is 2. The molecule has 4 bridgehead atoms. The second-order valence-electron chi connectivity index (χ2n) is 9.67.